The average Bonchev–Trinajstić information content (AvgIpc) is 2.41. The van der Waals surface area contributed by atoms with Crippen molar-refractivity contribution in [3.8, 4) is 0 Å². The minimum atomic E-state index is 0.0650. The predicted molar refractivity (Wildman–Crippen MR) is 81.2 cm³/mol. The van der Waals surface area contributed by atoms with Crippen LogP contribution in [0.1, 0.15) is 38.3 Å². The molecule has 0 radical (unpaired) electrons. The molecular formula is C16H25N3O. The molecule has 1 aliphatic rings. The molecule has 20 heavy (non-hydrogen) atoms. The maximum atomic E-state index is 11.1. The summed E-state index contributed by atoms with van der Waals surface area (Å²) in [4.78, 5) is 13.6. The molecule has 1 aromatic rings. The van der Waals surface area contributed by atoms with Crippen LogP contribution >= 0.6 is 0 Å². The Bertz CT molecular complexity index is 425. The van der Waals surface area contributed by atoms with Gasteiger partial charge in [0.05, 0.1) is 0 Å². The number of nitrogens with zero attached hydrogens (tertiary/aromatic N) is 1. The Balaban J connectivity index is 2.01. The average molecular weight is 275 g/mol. The van der Waals surface area contributed by atoms with Crippen LogP contribution in [0, 0.1) is 0 Å². The molecule has 1 saturated heterocycles. The van der Waals surface area contributed by atoms with Crippen LogP contribution in [0.3, 0.4) is 0 Å². The number of nitrogens with two attached hydrogens (primary N) is 1. The number of rotatable bonds is 4. The Morgan fingerprint density at radius 2 is 1.90 bits per heavy atom. The summed E-state index contributed by atoms with van der Waals surface area (Å²) in [6, 6.07) is 11.1. The molecule has 0 aromatic heterocycles. The van der Waals surface area contributed by atoms with E-state index >= 15 is 0 Å². The van der Waals surface area contributed by atoms with E-state index in [4.69, 9.17) is 5.73 Å². The molecule has 0 aliphatic carbocycles. The lowest BCUT2D eigenvalue weighted by atomic mass is 9.95. The third-order valence-corrected chi connectivity index (χ3v) is 3.97. The van der Waals surface area contributed by atoms with Gasteiger partial charge in [0.2, 0.25) is 5.91 Å². The summed E-state index contributed by atoms with van der Waals surface area (Å²) in [5.74, 6) is 0.0650. The number of benzene rings is 1. The van der Waals surface area contributed by atoms with Crippen LogP contribution in [0.5, 0.6) is 0 Å². The van der Waals surface area contributed by atoms with Crippen molar-refractivity contribution in [2.75, 3.05) is 13.1 Å². The lowest BCUT2D eigenvalue weighted by Gasteiger charge is -2.39. The first-order valence-corrected chi connectivity index (χ1v) is 7.39. The summed E-state index contributed by atoms with van der Waals surface area (Å²) in [5.41, 5.74) is 7.48. The lowest BCUT2D eigenvalue weighted by Crippen LogP contribution is -2.48. The second kappa shape index (κ2) is 6.86. The molecular weight excluding hydrogens is 250 g/mol. The summed E-state index contributed by atoms with van der Waals surface area (Å²) >= 11 is 0. The quantitative estimate of drug-likeness (QED) is 0.879. The molecule has 2 atom stereocenters. The fourth-order valence-corrected chi connectivity index (χ4v) is 3.11. The van der Waals surface area contributed by atoms with Crippen molar-refractivity contribution in [2.24, 2.45) is 5.73 Å². The maximum Gasteiger partial charge on any atom is 0.217 e. The topological polar surface area (TPSA) is 58.4 Å². The van der Waals surface area contributed by atoms with E-state index in [0.717, 1.165) is 25.9 Å². The molecule has 1 aliphatic heterocycles. The molecule has 1 amide bonds. The van der Waals surface area contributed by atoms with Gasteiger partial charge in [-0.05, 0) is 25.3 Å². The minimum Gasteiger partial charge on any atom is -0.354 e. The highest BCUT2D eigenvalue weighted by Crippen LogP contribution is 2.26. The molecule has 0 spiro atoms. The van der Waals surface area contributed by atoms with Gasteiger partial charge in [-0.2, -0.15) is 0 Å². The Hall–Kier alpha value is -1.39. The standard InChI is InChI=1S/C16H25N3O/c1-12(17)16(14-6-4-3-5-7-14)19-10-8-15(9-11-19)18-13(2)20/h3-7,12,15-16H,8-11,17H2,1-2H3,(H,18,20). The number of hydrogen-bond acceptors (Lipinski definition) is 3. The maximum absolute atomic E-state index is 11.1. The Morgan fingerprint density at radius 1 is 1.30 bits per heavy atom. The minimum absolute atomic E-state index is 0.0650. The van der Waals surface area contributed by atoms with E-state index in [2.05, 4.69) is 41.4 Å². The van der Waals surface area contributed by atoms with Crippen LogP contribution in [0.4, 0.5) is 0 Å². The second-order valence-electron chi connectivity index (χ2n) is 5.73. The SMILES string of the molecule is CC(=O)NC1CCN(C(c2ccccc2)C(C)N)CC1. The molecule has 1 heterocycles. The van der Waals surface area contributed by atoms with Crippen molar-refractivity contribution >= 4 is 5.91 Å². The first-order valence-electron chi connectivity index (χ1n) is 7.39. The Morgan fingerprint density at radius 3 is 2.40 bits per heavy atom. The van der Waals surface area contributed by atoms with Gasteiger partial charge in [-0.15, -0.1) is 0 Å². The molecule has 3 N–H and O–H groups in total. The molecule has 1 fully saturated rings. The lowest BCUT2D eigenvalue weighted by molar-refractivity contribution is -0.120. The van der Waals surface area contributed by atoms with Crippen LogP contribution in [0.2, 0.25) is 0 Å². The van der Waals surface area contributed by atoms with Crippen LogP contribution < -0.4 is 11.1 Å². The highest BCUT2D eigenvalue weighted by Gasteiger charge is 2.28. The van der Waals surface area contributed by atoms with Crippen molar-refractivity contribution in [3.05, 3.63) is 35.9 Å². The third-order valence-electron chi connectivity index (χ3n) is 3.97. The van der Waals surface area contributed by atoms with Gasteiger partial charge in [0, 0.05) is 38.1 Å². The Kier molecular flexibility index (Phi) is 5.15. The van der Waals surface area contributed by atoms with Crippen molar-refractivity contribution in [1.29, 1.82) is 0 Å². The van der Waals surface area contributed by atoms with Crippen molar-refractivity contribution in [2.45, 2.75) is 44.8 Å². The monoisotopic (exact) mass is 275 g/mol. The van der Waals surface area contributed by atoms with E-state index in [1.807, 2.05) is 6.07 Å². The number of likely N-dealkylation sites (tertiary alicyclic amines) is 1. The zero-order chi connectivity index (χ0) is 14.5. The van der Waals surface area contributed by atoms with Crippen LogP contribution in [0.15, 0.2) is 30.3 Å². The fourth-order valence-electron chi connectivity index (χ4n) is 3.11. The van der Waals surface area contributed by atoms with E-state index in [-0.39, 0.29) is 18.0 Å². The number of hydrogen-bond donors (Lipinski definition) is 2. The summed E-state index contributed by atoms with van der Waals surface area (Å²) in [6.07, 6.45) is 1.99. The van der Waals surface area contributed by atoms with Gasteiger partial charge in [0.1, 0.15) is 0 Å². The van der Waals surface area contributed by atoms with E-state index in [0.29, 0.717) is 6.04 Å². The van der Waals surface area contributed by atoms with Crippen molar-refractivity contribution < 1.29 is 4.79 Å². The molecule has 1 aromatic carbocycles. The number of carbonyl (C=O) groups is 1. The highest BCUT2D eigenvalue weighted by molar-refractivity contribution is 5.73. The molecule has 0 bridgehead atoms. The van der Waals surface area contributed by atoms with Gasteiger partial charge in [-0.3, -0.25) is 9.69 Å². The summed E-state index contributed by atoms with van der Waals surface area (Å²) in [5, 5.41) is 3.01. The summed E-state index contributed by atoms with van der Waals surface area (Å²) in [7, 11) is 0. The van der Waals surface area contributed by atoms with Gasteiger partial charge in [0.25, 0.3) is 0 Å². The molecule has 4 heteroatoms. The summed E-state index contributed by atoms with van der Waals surface area (Å²) < 4.78 is 0. The van der Waals surface area contributed by atoms with Gasteiger partial charge >= 0.3 is 0 Å². The van der Waals surface area contributed by atoms with Crippen LogP contribution in [0.25, 0.3) is 0 Å². The van der Waals surface area contributed by atoms with Gasteiger partial charge < -0.3 is 11.1 Å². The zero-order valence-electron chi connectivity index (χ0n) is 12.4. The number of piperidine rings is 1. The first kappa shape index (κ1) is 15.0. The number of nitrogens with one attached hydrogen (secondary N) is 1. The smallest absolute Gasteiger partial charge is 0.217 e. The zero-order valence-corrected chi connectivity index (χ0v) is 12.4. The van der Waals surface area contributed by atoms with E-state index in [9.17, 15) is 4.79 Å². The Labute approximate surface area is 121 Å². The first-order chi connectivity index (χ1) is 9.58. The van der Waals surface area contributed by atoms with Crippen LogP contribution in [-0.2, 0) is 4.79 Å². The number of carbonyl (C=O) groups excluding carboxylic acids is 1. The molecule has 4 nitrogen and oxygen atoms in total. The van der Waals surface area contributed by atoms with E-state index < -0.39 is 0 Å². The predicted octanol–water partition coefficient (Wildman–Crippen LogP) is 1.68. The molecule has 2 unspecified atom stereocenters. The van der Waals surface area contributed by atoms with Crippen molar-refractivity contribution in [3.63, 3.8) is 0 Å². The van der Waals surface area contributed by atoms with Gasteiger partial charge in [-0.1, -0.05) is 30.3 Å². The fraction of sp³-hybridized carbons (Fsp3) is 0.562. The van der Waals surface area contributed by atoms with Gasteiger partial charge in [0.15, 0.2) is 0 Å². The highest BCUT2D eigenvalue weighted by atomic mass is 16.1. The van der Waals surface area contributed by atoms with E-state index in [1.54, 1.807) is 6.92 Å². The van der Waals surface area contributed by atoms with Crippen LogP contribution in [-0.4, -0.2) is 36.0 Å². The molecule has 2 rings (SSSR count). The van der Waals surface area contributed by atoms with Gasteiger partial charge in [-0.25, -0.2) is 0 Å². The third kappa shape index (κ3) is 3.81. The second-order valence-corrected chi connectivity index (χ2v) is 5.73. The van der Waals surface area contributed by atoms with E-state index in [1.165, 1.54) is 5.56 Å². The normalized spacial score (nSPS) is 20.4. The molecule has 110 valence electrons. The van der Waals surface area contributed by atoms with Crippen molar-refractivity contribution in [1.82, 2.24) is 10.2 Å². The largest absolute Gasteiger partial charge is 0.354 e. The summed E-state index contributed by atoms with van der Waals surface area (Å²) in [6.45, 7) is 5.61. The molecule has 0 saturated carbocycles. The number of amides is 1.